The fourth-order valence-electron chi connectivity index (χ4n) is 1.23. The van der Waals surface area contributed by atoms with Crippen molar-refractivity contribution in [3.63, 3.8) is 0 Å². The molecule has 0 radical (unpaired) electrons. The summed E-state index contributed by atoms with van der Waals surface area (Å²) in [6.07, 6.45) is -9.82. The van der Waals surface area contributed by atoms with Crippen LogP contribution in [0.1, 0.15) is 13.3 Å². The van der Waals surface area contributed by atoms with Gasteiger partial charge < -0.3 is 0 Å². The highest BCUT2D eigenvalue weighted by Gasteiger charge is 2.90. The Balaban J connectivity index is 6.19. The average Bonchev–Trinajstić information content (AvgIpc) is 2.24. The lowest BCUT2D eigenvalue weighted by atomic mass is 9.92. The third kappa shape index (κ3) is 3.22. The minimum atomic E-state index is -7.86. The van der Waals surface area contributed by atoms with Gasteiger partial charge in [0.1, 0.15) is 0 Å². The second kappa shape index (κ2) is 5.62. The molecule has 23 heavy (non-hydrogen) atoms. The van der Waals surface area contributed by atoms with Gasteiger partial charge in [0.15, 0.2) is 0 Å². The van der Waals surface area contributed by atoms with Crippen LogP contribution in [0.25, 0.3) is 0 Å². The summed E-state index contributed by atoms with van der Waals surface area (Å²) in [7, 11) is 0. The van der Waals surface area contributed by atoms with E-state index in [9.17, 15) is 57.1 Å². The summed E-state index contributed by atoms with van der Waals surface area (Å²) in [5, 5.41) is 0. The van der Waals surface area contributed by atoms with E-state index in [4.69, 9.17) is 0 Å². The van der Waals surface area contributed by atoms with Crippen LogP contribution in [0.4, 0.5) is 57.1 Å². The average molecular weight is 392 g/mol. The summed E-state index contributed by atoms with van der Waals surface area (Å²) in [6.45, 7) is 0.514. The highest BCUT2D eigenvalue weighted by molar-refractivity contribution is 7.80. The Bertz CT molecular complexity index is 461. The number of thiocarbonyl (C=S) groups is 1. The van der Waals surface area contributed by atoms with E-state index in [1.807, 2.05) is 0 Å². The van der Waals surface area contributed by atoms with Crippen LogP contribution in [-0.2, 0) is 0 Å². The Morgan fingerprint density at radius 1 is 0.609 bits per heavy atom. The standard InChI is InChI=1S/C9H5F13S/c1-3(23)2-4(10,11)5(12,13)6(14,15)7(16,17)8(18,19)9(20,21)22/h2H2,1H3. The van der Waals surface area contributed by atoms with Crippen molar-refractivity contribution in [3.05, 3.63) is 0 Å². The molecule has 138 valence electrons. The fraction of sp³-hybridized carbons (Fsp3) is 0.889. The van der Waals surface area contributed by atoms with E-state index in [1.165, 1.54) is 0 Å². The molecule has 0 aliphatic carbocycles. The fourth-order valence-corrected chi connectivity index (χ4v) is 1.41. The topological polar surface area (TPSA) is 0 Å². The molecule has 0 aliphatic heterocycles. The van der Waals surface area contributed by atoms with Gasteiger partial charge in [-0.05, 0) is 11.8 Å². The van der Waals surface area contributed by atoms with Crippen LogP contribution < -0.4 is 0 Å². The lowest BCUT2D eigenvalue weighted by molar-refractivity contribution is -0.439. The van der Waals surface area contributed by atoms with Crippen molar-refractivity contribution in [3.8, 4) is 0 Å². The van der Waals surface area contributed by atoms with Gasteiger partial charge in [-0.2, -0.15) is 57.1 Å². The third-order valence-corrected chi connectivity index (χ3v) is 2.61. The van der Waals surface area contributed by atoms with Crippen LogP contribution in [0.15, 0.2) is 0 Å². The van der Waals surface area contributed by atoms with Crippen LogP contribution in [0, 0.1) is 0 Å². The number of alkyl halides is 13. The second-order valence-corrected chi connectivity index (χ2v) is 5.08. The van der Waals surface area contributed by atoms with Crippen molar-refractivity contribution in [2.24, 2.45) is 0 Å². The van der Waals surface area contributed by atoms with Gasteiger partial charge in [-0.1, -0.05) is 12.2 Å². The zero-order valence-electron chi connectivity index (χ0n) is 10.5. The molecule has 0 atom stereocenters. The minimum Gasteiger partial charge on any atom is -0.199 e. The van der Waals surface area contributed by atoms with Gasteiger partial charge in [0.2, 0.25) is 0 Å². The summed E-state index contributed by atoms with van der Waals surface area (Å²) in [5.41, 5.74) is 0. The lowest BCUT2D eigenvalue weighted by Gasteiger charge is -2.39. The van der Waals surface area contributed by atoms with Gasteiger partial charge >= 0.3 is 35.8 Å². The Hall–Kier alpha value is -0.820. The van der Waals surface area contributed by atoms with E-state index in [-0.39, 0.29) is 0 Å². The minimum absolute atomic E-state index is 0.514. The second-order valence-electron chi connectivity index (χ2n) is 4.38. The molecule has 0 saturated heterocycles. The lowest BCUT2D eigenvalue weighted by Crippen LogP contribution is -2.70. The monoisotopic (exact) mass is 392 g/mol. The van der Waals surface area contributed by atoms with Gasteiger partial charge in [-0.3, -0.25) is 0 Å². The van der Waals surface area contributed by atoms with Crippen LogP contribution in [-0.4, -0.2) is 40.7 Å². The molecule has 0 spiro atoms. The molecule has 0 N–H and O–H groups in total. The van der Waals surface area contributed by atoms with E-state index in [0.717, 1.165) is 0 Å². The van der Waals surface area contributed by atoms with E-state index >= 15 is 0 Å². The largest absolute Gasteiger partial charge is 0.460 e. The maximum absolute atomic E-state index is 13.0. The summed E-state index contributed by atoms with van der Waals surface area (Å²) < 4.78 is 164. The first-order valence-corrected chi connectivity index (χ1v) is 5.53. The van der Waals surface area contributed by atoms with Crippen LogP contribution in [0.2, 0.25) is 0 Å². The molecule has 0 saturated carbocycles. The molecule has 0 fully saturated rings. The predicted molar refractivity (Wildman–Crippen MR) is 53.7 cm³/mol. The molecule has 0 unspecified atom stereocenters. The van der Waals surface area contributed by atoms with E-state index in [0.29, 0.717) is 6.92 Å². The molecule has 0 nitrogen and oxygen atoms in total. The molecule has 0 aromatic heterocycles. The van der Waals surface area contributed by atoms with Gasteiger partial charge in [-0.15, -0.1) is 0 Å². The van der Waals surface area contributed by atoms with Crippen LogP contribution in [0.3, 0.4) is 0 Å². The summed E-state index contributed by atoms with van der Waals surface area (Å²) in [5.74, 6) is -36.7. The summed E-state index contributed by atoms with van der Waals surface area (Å²) in [6, 6.07) is 0. The molecule has 14 heteroatoms. The highest BCUT2D eigenvalue weighted by Crippen LogP contribution is 2.60. The Labute approximate surface area is 124 Å². The normalized spacial score (nSPS) is 15.7. The van der Waals surface area contributed by atoms with Crippen molar-refractivity contribution in [2.45, 2.75) is 49.1 Å². The van der Waals surface area contributed by atoms with E-state index in [1.54, 1.807) is 0 Å². The molecule has 0 aromatic carbocycles. The molecule has 0 amide bonds. The molecular formula is C9H5F13S. The van der Waals surface area contributed by atoms with Gasteiger partial charge in [0.25, 0.3) is 0 Å². The van der Waals surface area contributed by atoms with Crippen molar-refractivity contribution >= 4 is 17.1 Å². The number of hydrogen-bond donors (Lipinski definition) is 0. The van der Waals surface area contributed by atoms with E-state index < -0.39 is 47.1 Å². The molecule has 0 aromatic rings. The van der Waals surface area contributed by atoms with Crippen molar-refractivity contribution in [1.29, 1.82) is 0 Å². The Kier molecular flexibility index (Phi) is 5.42. The quantitative estimate of drug-likeness (QED) is 0.425. The van der Waals surface area contributed by atoms with Crippen molar-refractivity contribution in [2.75, 3.05) is 0 Å². The Morgan fingerprint density at radius 3 is 1.17 bits per heavy atom. The smallest absolute Gasteiger partial charge is 0.199 e. The molecule has 0 rings (SSSR count). The first-order chi connectivity index (χ1) is 9.67. The summed E-state index contributed by atoms with van der Waals surface area (Å²) in [4.78, 5) is -1.10. The summed E-state index contributed by atoms with van der Waals surface area (Å²) >= 11 is 3.89. The SMILES string of the molecule is CC(=S)CC(F)(F)C(F)(F)C(F)(F)C(F)(F)C(F)(F)C(F)(F)F. The zero-order valence-corrected chi connectivity index (χ0v) is 11.3. The Morgan fingerprint density at radius 2 is 0.913 bits per heavy atom. The highest BCUT2D eigenvalue weighted by atomic mass is 32.1. The number of rotatable bonds is 6. The molecule has 0 heterocycles. The maximum Gasteiger partial charge on any atom is 0.460 e. The van der Waals surface area contributed by atoms with E-state index in [2.05, 4.69) is 12.2 Å². The van der Waals surface area contributed by atoms with Gasteiger partial charge in [0.05, 0.1) is 0 Å². The first-order valence-electron chi connectivity index (χ1n) is 5.12. The van der Waals surface area contributed by atoms with Gasteiger partial charge in [-0.25, -0.2) is 0 Å². The zero-order chi connectivity index (χ0) is 19.3. The predicted octanol–water partition coefficient (Wildman–Crippen LogP) is 5.51. The molecule has 0 aliphatic rings. The molecular weight excluding hydrogens is 387 g/mol. The number of hydrogen-bond acceptors (Lipinski definition) is 1. The van der Waals surface area contributed by atoms with Crippen LogP contribution in [0.5, 0.6) is 0 Å². The number of halogens is 13. The third-order valence-electron chi connectivity index (χ3n) is 2.47. The van der Waals surface area contributed by atoms with Crippen molar-refractivity contribution in [1.82, 2.24) is 0 Å². The van der Waals surface area contributed by atoms with Gasteiger partial charge in [0, 0.05) is 6.42 Å². The van der Waals surface area contributed by atoms with Crippen LogP contribution >= 0.6 is 12.2 Å². The first kappa shape index (κ1) is 22.2. The molecule has 0 bridgehead atoms. The maximum atomic E-state index is 13.0. The van der Waals surface area contributed by atoms with Crippen molar-refractivity contribution < 1.29 is 57.1 Å².